The number of amides is 1. The third-order valence-corrected chi connectivity index (χ3v) is 5.65. The molecule has 0 spiro atoms. The second-order valence-corrected chi connectivity index (χ2v) is 8.64. The number of nitrogens with zero attached hydrogens (tertiary/aromatic N) is 3. The molecule has 10 nitrogen and oxygen atoms in total. The monoisotopic (exact) mass is 496 g/mol. The molecule has 0 radical (unpaired) electrons. The van der Waals surface area contributed by atoms with E-state index in [0.717, 1.165) is 0 Å². The van der Waals surface area contributed by atoms with Crippen molar-refractivity contribution < 1.29 is 23.8 Å². The number of ether oxygens (including phenoxy) is 2. The Morgan fingerprint density at radius 2 is 2.03 bits per heavy atom. The van der Waals surface area contributed by atoms with Crippen LogP contribution in [-0.4, -0.2) is 63.9 Å². The van der Waals surface area contributed by atoms with Crippen LogP contribution >= 0.6 is 0 Å². The minimum Gasteiger partial charge on any atom is -0.396 e. The van der Waals surface area contributed by atoms with Gasteiger partial charge in [0.25, 0.3) is 0 Å². The van der Waals surface area contributed by atoms with E-state index in [4.69, 9.17) is 19.6 Å². The molecule has 190 valence electrons. The third kappa shape index (κ3) is 5.76. The normalized spacial score (nSPS) is 19.6. The summed E-state index contributed by atoms with van der Waals surface area (Å²) in [5.41, 5.74) is 1.50. The maximum atomic E-state index is 13.6. The first-order valence-corrected chi connectivity index (χ1v) is 11.6. The van der Waals surface area contributed by atoms with Crippen LogP contribution in [0.1, 0.15) is 25.5 Å². The van der Waals surface area contributed by atoms with E-state index in [1.165, 1.54) is 12.1 Å². The highest BCUT2D eigenvalue weighted by Crippen LogP contribution is 2.35. The van der Waals surface area contributed by atoms with Crippen LogP contribution in [0.3, 0.4) is 0 Å². The number of rotatable bonds is 10. The summed E-state index contributed by atoms with van der Waals surface area (Å²) in [5, 5.41) is 14.8. The number of aromatic nitrogens is 4. The van der Waals surface area contributed by atoms with Crippen molar-refractivity contribution in [2.24, 2.45) is 5.41 Å². The summed E-state index contributed by atoms with van der Waals surface area (Å²) in [5.74, 6) is 0.250. The number of nitrogens with one attached hydrogen (secondary N) is 3. The summed E-state index contributed by atoms with van der Waals surface area (Å²) in [6, 6.07) is 7.72. The molecule has 1 aliphatic heterocycles. The first-order valence-electron chi connectivity index (χ1n) is 11.6. The zero-order valence-electron chi connectivity index (χ0n) is 20.0. The van der Waals surface area contributed by atoms with Gasteiger partial charge >= 0.3 is 0 Å². The van der Waals surface area contributed by atoms with Gasteiger partial charge in [-0.3, -0.25) is 4.79 Å². The quantitative estimate of drug-likeness (QED) is 0.249. The molecule has 0 bridgehead atoms. The van der Waals surface area contributed by atoms with Gasteiger partial charge in [-0.25, -0.2) is 19.3 Å². The number of aromatic amines is 1. The molecule has 0 unspecified atom stereocenters. The predicted octanol–water partition coefficient (Wildman–Crippen LogP) is 2.82. The van der Waals surface area contributed by atoms with Gasteiger partial charge < -0.3 is 30.2 Å². The summed E-state index contributed by atoms with van der Waals surface area (Å²) in [6.07, 6.45) is 2.96. The van der Waals surface area contributed by atoms with Gasteiger partial charge in [-0.1, -0.05) is 6.08 Å². The Hall–Kier alpha value is -3.67. The average Bonchev–Trinajstić information content (AvgIpc) is 3.34. The molecule has 1 fully saturated rings. The van der Waals surface area contributed by atoms with E-state index in [9.17, 15) is 9.18 Å². The molecule has 0 atom stereocenters. The van der Waals surface area contributed by atoms with E-state index in [1.807, 2.05) is 0 Å². The fourth-order valence-electron chi connectivity index (χ4n) is 3.64. The van der Waals surface area contributed by atoms with Crippen molar-refractivity contribution in [2.45, 2.75) is 19.6 Å². The maximum Gasteiger partial charge on any atom is 0.230 e. The summed E-state index contributed by atoms with van der Waals surface area (Å²) in [6.45, 7) is 6.55. The van der Waals surface area contributed by atoms with E-state index in [-0.39, 0.29) is 31.5 Å². The smallest absolute Gasteiger partial charge is 0.230 e. The van der Waals surface area contributed by atoms with Gasteiger partial charge in [0.2, 0.25) is 18.1 Å². The SMILES string of the molecule is C=CCNc1nccc(-c2[nH]c(C3OCC(C)(C(=O)NCCCO)CO3)nc2-c2ccc(F)cc2)n1. The lowest BCUT2D eigenvalue weighted by atomic mass is 9.91. The van der Waals surface area contributed by atoms with Crippen molar-refractivity contribution in [3.05, 3.63) is 60.8 Å². The van der Waals surface area contributed by atoms with Gasteiger partial charge in [-0.05, 0) is 43.7 Å². The minimum absolute atomic E-state index is 0.00142. The Balaban J connectivity index is 1.60. The number of H-pyrrole nitrogens is 1. The molecule has 0 saturated carbocycles. The molecular formula is C25H29FN6O4. The molecule has 0 aliphatic carbocycles. The third-order valence-electron chi connectivity index (χ3n) is 5.65. The average molecular weight is 497 g/mol. The Morgan fingerprint density at radius 1 is 1.28 bits per heavy atom. The summed E-state index contributed by atoms with van der Waals surface area (Å²) in [7, 11) is 0. The number of carbonyl (C=O) groups excluding carboxylic acids is 1. The van der Waals surface area contributed by atoms with Gasteiger partial charge in [0.1, 0.15) is 5.82 Å². The van der Waals surface area contributed by atoms with Crippen molar-refractivity contribution in [2.75, 3.05) is 38.2 Å². The lowest BCUT2D eigenvalue weighted by molar-refractivity contribution is -0.231. The molecule has 4 rings (SSSR count). The van der Waals surface area contributed by atoms with Crippen LogP contribution in [0.5, 0.6) is 0 Å². The van der Waals surface area contributed by atoms with E-state index < -0.39 is 11.7 Å². The van der Waals surface area contributed by atoms with Crippen LogP contribution in [0.25, 0.3) is 22.6 Å². The molecule has 4 N–H and O–H groups in total. The van der Waals surface area contributed by atoms with Crippen LogP contribution < -0.4 is 10.6 Å². The number of hydrogen-bond donors (Lipinski definition) is 4. The highest BCUT2D eigenvalue weighted by Gasteiger charge is 2.40. The van der Waals surface area contributed by atoms with Gasteiger partial charge in [0.05, 0.1) is 35.7 Å². The fourth-order valence-corrected chi connectivity index (χ4v) is 3.64. The molecule has 1 aromatic carbocycles. The number of carbonyl (C=O) groups is 1. The summed E-state index contributed by atoms with van der Waals surface area (Å²) >= 11 is 0. The fraction of sp³-hybridized carbons (Fsp3) is 0.360. The molecular weight excluding hydrogens is 467 g/mol. The van der Waals surface area contributed by atoms with Gasteiger partial charge in [-0.15, -0.1) is 6.58 Å². The largest absolute Gasteiger partial charge is 0.396 e. The van der Waals surface area contributed by atoms with E-state index >= 15 is 0 Å². The molecule has 11 heteroatoms. The minimum atomic E-state index is -0.875. The summed E-state index contributed by atoms with van der Waals surface area (Å²) in [4.78, 5) is 29.3. The van der Waals surface area contributed by atoms with Crippen LogP contribution in [0.15, 0.2) is 49.2 Å². The number of hydrogen-bond acceptors (Lipinski definition) is 8. The number of aliphatic hydroxyl groups is 1. The van der Waals surface area contributed by atoms with E-state index in [0.29, 0.717) is 53.9 Å². The molecule has 3 aromatic rings. The van der Waals surface area contributed by atoms with E-state index in [2.05, 4.69) is 32.2 Å². The van der Waals surface area contributed by atoms with Crippen molar-refractivity contribution in [3.8, 4) is 22.6 Å². The lowest BCUT2D eigenvalue weighted by Gasteiger charge is -2.35. The second-order valence-electron chi connectivity index (χ2n) is 8.64. The number of aliphatic hydroxyl groups excluding tert-OH is 1. The molecule has 1 aliphatic rings. The lowest BCUT2D eigenvalue weighted by Crippen LogP contribution is -2.48. The van der Waals surface area contributed by atoms with Gasteiger partial charge in [0, 0.05) is 31.5 Å². The van der Waals surface area contributed by atoms with Crippen LogP contribution in [0.2, 0.25) is 0 Å². The number of imidazole rings is 1. The molecule has 1 amide bonds. The number of halogens is 1. The van der Waals surface area contributed by atoms with Crippen LogP contribution in [0.4, 0.5) is 10.3 Å². The highest BCUT2D eigenvalue weighted by atomic mass is 19.1. The molecule has 2 aromatic heterocycles. The first kappa shape index (κ1) is 25.4. The Labute approximate surface area is 208 Å². The molecule has 36 heavy (non-hydrogen) atoms. The summed E-state index contributed by atoms with van der Waals surface area (Å²) < 4.78 is 25.4. The zero-order valence-corrected chi connectivity index (χ0v) is 20.0. The standard InChI is InChI=1S/C25H29FN6O4/c1-3-10-28-24-29-12-9-18(30-24)20-19(16-5-7-17(26)8-6-16)31-21(32-20)22-35-14-25(2,15-36-22)23(34)27-11-4-13-33/h3,5-9,12,22,33H,1,4,10-11,13-15H2,2H3,(H,27,34)(H,31,32)(H,28,29,30). The van der Waals surface area contributed by atoms with Crippen molar-refractivity contribution in [1.82, 2.24) is 25.3 Å². The van der Waals surface area contributed by atoms with Crippen LogP contribution in [0, 0.1) is 11.2 Å². The Kier molecular flexibility index (Phi) is 8.04. The van der Waals surface area contributed by atoms with Crippen molar-refractivity contribution in [1.29, 1.82) is 0 Å². The molecule has 3 heterocycles. The molecule has 1 saturated heterocycles. The second kappa shape index (κ2) is 11.4. The highest BCUT2D eigenvalue weighted by molar-refractivity contribution is 5.82. The van der Waals surface area contributed by atoms with Gasteiger partial charge in [-0.2, -0.15) is 0 Å². The number of anilines is 1. The van der Waals surface area contributed by atoms with Gasteiger partial charge in [0.15, 0.2) is 5.82 Å². The first-order chi connectivity index (χ1) is 17.4. The maximum absolute atomic E-state index is 13.6. The van der Waals surface area contributed by atoms with Crippen molar-refractivity contribution >= 4 is 11.9 Å². The van der Waals surface area contributed by atoms with Crippen molar-refractivity contribution in [3.63, 3.8) is 0 Å². The zero-order chi connectivity index (χ0) is 25.5. The van der Waals surface area contributed by atoms with E-state index in [1.54, 1.807) is 37.4 Å². The Bertz CT molecular complexity index is 1190. The van der Waals surface area contributed by atoms with Crippen LogP contribution in [-0.2, 0) is 14.3 Å². The number of benzene rings is 1. The Morgan fingerprint density at radius 3 is 2.72 bits per heavy atom. The topological polar surface area (TPSA) is 134 Å². The predicted molar refractivity (Wildman–Crippen MR) is 131 cm³/mol.